The number of carbonyl (C=O) groups is 3. The van der Waals surface area contributed by atoms with Crippen LogP contribution in [0.15, 0.2) is 42.7 Å². The Labute approximate surface area is 306 Å². The van der Waals surface area contributed by atoms with Gasteiger partial charge in [-0.25, -0.2) is 13.8 Å². The molecule has 2 aliphatic rings. The van der Waals surface area contributed by atoms with Crippen molar-refractivity contribution < 1.29 is 32.8 Å². The van der Waals surface area contributed by atoms with Gasteiger partial charge in [0, 0.05) is 86.7 Å². The Hall–Kier alpha value is -4.66. The normalized spacial score (nSPS) is 16.3. The molecule has 276 valence electrons. The number of anilines is 1. The number of likely N-dealkylation sites (tertiary alicyclic amines) is 1. The topological polar surface area (TPSA) is 136 Å². The summed E-state index contributed by atoms with van der Waals surface area (Å²) in [5.41, 5.74) is 1.83. The molecule has 4 heterocycles. The summed E-state index contributed by atoms with van der Waals surface area (Å²) >= 11 is 6.54. The molecule has 0 atom stereocenters. The van der Waals surface area contributed by atoms with E-state index >= 15 is 8.78 Å². The van der Waals surface area contributed by atoms with E-state index in [1.165, 1.54) is 42.2 Å². The van der Waals surface area contributed by atoms with E-state index in [-0.39, 0.29) is 57.6 Å². The van der Waals surface area contributed by atoms with E-state index < -0.39 is 17.5 Å². The number of imidazole rings is 1. The Morgan fingerprint density at radius 2 is 1.63 bits per heavy atom. The van der Waals surface area contributed by atoms with Crippen molar-refractivity contribution in [2.45, 2.75) is 32.1 Å². The molecular formula is C37H44ClF2N8O4+. The number of hydrogen-bond acceptors (Lipinski definition) is 6. The third-order valence-electron chi connectivity index (χ3n) is 10.2. The Kier molecular flexibility index (Phi) is 11.1. The molecule has 6 rings (SSSR count). The van der Waals surface area contributed by atoms with Crippen LogP contribution in [0, 0.1) is 17.6 Å². The number of amides is 3. The van der Waals surface area contributed by atoms with Gasteiger partial charge in [0.1, 0.15) is 0 Å². The average Bonchev–Trinajstić information content (AvgIpc) is 3.75. The summed E-state index contributed by atoms with van der Waals surface area (Å²) in [6, 6.07) is 7.47. The number of aliphatic hydroxyl groups is 1. The lowest BCUT2D eigenvalue weighted by molar-refractivity contribution is -0.895. The SMILES string of the molecule is Cn1c(-c2ccc(-c3cn[nH]c3CCCCO)c(F)c2F)cnc1C(=O)Nc1ccc(C(=O)N2CCN(C(=O)C3CC[N+](C)(C)CC3)CC2)c(Cl)c1. The molecule has 2 aliphatic heterocycles. The van der Waals surface area contributed by atoms with E-state index in [4.69, 9.17) is 16.7 Å². The summed E-state index contributed by atoms with van der Waals surface area (Å²) in [7, 11) is 5.89. The van der Waals surface area contributed by atoms with Crippen LogP contribution in [0.3, 0.4) is 0 Å². The molecule has 3 amide bonds. The molecule has 12 nitrogen and oxygen atoms in total. The van der Waals surface area contributed by atoms with Crippen molar-refractivity contribution in [3.05, 3.63) is 76.5 Å². The van der Waals surface area contributed by atoms with Gasteiger partial charge in [0.05, 0.1) is 55.9 Å². The standard InChI is InChI=1S/C37H43ClF2N8O4/c1-45-31(27-10-9-25(32(39)33(27)40)28-21-42-44-30(28)6-4-5-19-49)22-41-34(45)35(50)43-24-7-8-26(29(38)20-24)37(52)47-15-13-46(14-16-47)36(51)23-11-17-48(2,3)18-12-23/h7-10,20-23,49H,4-6,11-19H2,1-3H3,(H-,42,43,44,50,52)/p+1. The molecule has 2 saturated heterocycles. The van der Waals surface area contributed by atoms with Crippen LogP contribution in [-0.2, 0) is 18.3 Å². The quantitative estimate of drug-likeness (QED) is 0.159. The van der Waals surface area contributed by atoms with Crippen LogP contribution in [-0.4, -0.2) is 117 Å². The third-order valence-corrected chi connectivity index (χ3v) is 10.6. The van der Waals surface area contributed by atoms with Crippen LogP contribution >= 0.6 is 11.6 Å². The number of unbranched alkanes of at least 4 members (excludes halogenated alkanes) is 1. The number of aromatic amines is 1. The number of aliphatic hydroxyl groups excluding tert-OH is 1. The minimum atomic E-state index is -1.09. The number of H-pyrrole nitrogens is 1. The molecule has 0 radical (unpaired) electrons. The van der Waals surface area contributed by atoms with Crippen molar-refractivity contribution in [2.75, 3.05) is 65.3 Å². The first-order valence-electron chi connectivity index (χ1n) is 17.5. The number of piperidine rings is 1. The first-order chi connectivity index (χ1) is 24.9. The van der Waals surface area contributed by atoms with Gasteiger partial charge in [0.25, 0.3) is 11.8 Å². The second kappa shape index (κ2) is 15.5. The molecule has 0 spiro atoms. The summed E-state index contributed by atoms with van der Waals surface area (Å²) in [4.78, 5) is 47.5. The van der Waals surface area contributed by atoms with Crippen molar-refractivity contribution in [3.63, 3.8) is 0 Å². The highest BCUT2D eigenvalue weighted by Crippen LogP contribution is 2.33. The van der Waals surface area contributed by atoms with Gasteiger partial charge in [-0.1, -0.05) is 17.7 Å². The fraction of sp³-hybridized carbons (Fsp3) is 0.432. The lowest BCUT2D eigenvalue weighted by atomic mass is 9.94. The van der Waals surface area contributed by atoms with Gasteiger partial charge in [-0.3, -0.25) is 19.5 Å². The zero-order valence-electron chi connectivity index (χ0n) is 29.6. The van der Waals surface area contributed by atoms with Gasteiger partial charge in [0.2, 0.25) is 5.91 Å². The van der Waals surface area contributed by atoms with Crippen LogP contribution in [0.1, 0.15) is 52.4 Å². The molecule has 0 unspecified atom stereocenters. The summed E-state index contributed by atoms with van der Waals surface area (Å²) in [5, 5.41) is 18.8. The Bertz CT molecular complexity index is 1960. The molecule has 0 saturated carbocycles. The minimum absolute atomic E-state index is 0.0365. The van der Waals surface area contributed by atoms with Gasteiger partial charge < -0.3 is 29.3 Å². The number of benzene rings is 2. The molecular weight excluding hydrogens is 694 g/mol. The molecule has 0 bridgehead atoms. The van der Waals surface area contributed by atoms with Gasteiger partial charge in [-0.05, 0) is 43.5 Å². The van der Waals surface area contributed by atoms with Gasteiger partial charge >= 0.3 is 0 Å². The first-order valence-corrected chi connectivity index (χ1v) is 17.9. The monoisotopic (exact) mass is 737 g/mol. The maximum Gasteiger partial charge on any atom is 0.291 e. The lowest BCUT2D eigenvalue weighted by Crippen LogP contribution is -2.54. The second-order valence-electron chi connectivity index (χ2n) is 14.2. The number of aromatic nitrogens is 4. The number of halogens is 3. The van der Waals surface area contributed by atoms with Crippen LogP contribution < -0.4 is 5.32 Å². The number of aryl methyl sites for hydroxylation is 1. The van der Waals surface area contributed by atoms with Crippen molar-refractivity contribution in [2.24, 2.45) is 13.0 Å². The van der Waals surface area contributed by atoms with Crippen molar-refractivity contribution in [1.29, 1.82) is 0 Å². The highest BCUT2D eigenvalue weighted by molar-refractivity contribution is 6.34. The Balaban J connectivity index is 1.08. The van der Waals surface area contributed by atoms with E-state index in [0.717, 1.165) is 30.4 Å². The summed E-state index contributed by atoms with van der Waals surface area (Å²) < 4.78 is 33.2. The predicted molar refractivity (Wildman–Crippen MR) is 193 cm³/mol. The molecule has 15 heteroatoms. The first kappa shape index (κ1) is 37.1. The highest BCUT2D eigenvalue weighted by Gasteiger charge is 2.35. The second-order valence-corrected chi connectivity index (χ2v) is 14.6. The van der Waals surface area contributed by atoms with Gasteiger partial charge in [0.15, 0.2) is 17.5 Å². The lowest BCUT2D eigenvalue weighted by Gasteiger charge is -2.40. The number of quaternary nitrogens is 1. The van der Waals surface area contributed by atoms with E-state index in [2.05, 4.69) is 34.6 Å². The predicted octanol–water partition coefficient (Wildman–Crippen LogP) is 4.75. The van der Waals surface area contributed by atoms with E-state index in [1.54, 1.807) is 17.0 Å². The van der Waals surface area contributed by atoms with Crippen LogP contribution in [0.2, 0.25) is 5.02 Å². The maximum atomic E-state index is 15.5. The Morgan fingerprint density at radius 1 is 0.962 bits per heavy atom. The Morgan fingerprint density at radius 3 is 2.33 bits per heavy atom. The van der Waals surface area contributed by atoms with Crippen molar-refractivity contribution in [1.82, 2.24) is 29.5 Å². The number of piperazine rings is 1. The van der Waals surface area contributed by atoms with E-state index in [0.29, 0.717) is 62.4 Å². The van der Waals surface area contributed by atoms with Crippen molar-refractivity contribution in [3.8, 4) is 22.4 Å². The molecule has 2 aromatic carbocycles. The van der Waals surface area contributed by atoms with Gasteiger partial charge in [-0.15, -0.1) is 0 Å². The molecule has 2 aromatic heterocycles. The van der Waals surface area contributed by atoms with Gasteiger partial charge in [-0.2, -0.15) is 5.10 Å². The summed E-state index contributed by atoms with van der Waals surface area (Å²) in [6.07, 6.45) is 6.23. The van der Waals surface area contributed by atoms with Crippen LogP contribution in [0.5, 0.6) is 0 Å². The summed E-state index contributed by atoms with van der Waals surface area (Å²) in [5.74, 6) is -2.88. The van der Waals surface area contributed by atoms with Crippen LogP contribution in [0.4, 0.5) is 14.5 Å². The molecule has 4 aromatic rings. The smallest absolute Gasteiger partial charge is 0.291 e. The average molecular weight is 738 g/mol. The van der Waals surface area contributed by atoms with Crippen LogP contribution in [0.25, 0.3) is 22.4 Å². The maximum absolute atomic E-state index is 15.5. The largest absolute Gasteiger partial charge is 0.396 e. The number of carbonyl (C=O) groups excluding carboxylic acids is 3. The molecule has 52 heavy (non-hydrogen) atoms. The summed E-state index contributed by atoms with van der Waals surface area (Å²) in [6.45, 7) is 3.73. The van der Waals surface area contributed by atoms with Crippen molar-refractivity contribution >= 4 is 35.0 Å². The number of nitrogens with zero attached hydrogens (tertiary/aromatic N) is 6. The zero-order valence-corrected chi connectivity index (χ0v) is 30.3. The number of hydrogen-bond donors (Lipinski definition) is 3. The zero-order chi connectivity index (χ0) is 37.2. The number of rotatable bonds is 10. The van der Waals surface area contributed by atoms with E-state index in [9.17, 15) is 14.4 Å². The molecule has 3 N–H and O–H groups in total. The van der Waals surface area contributed by atoms with E-state index in [1.807, 2.05) is 4.90 Å². The number of nitrogens with one attached hydrogen (secondary N) is 2. The molecule has 0 aliphatic carbocycles. The highest BCUT2D eigenvalue weighted by atomic mass is 35.5. The fourth-order valence-corrected chi connectivity index (χ4v) is 7.26. The third kappa shape index (κ3) is 7.74. The minimum Gasteiger partial charge on any atom is -0.396 e. The fourth-order valence-electron chi connectivity index (χ4n) is 7.00. The molecule has 2 fully saturated rings.